The number of oxazole rings is 1. The van der Waals surface area contributed by atoms with Gasteiger partial charge in [-0.3, -0.25) is 0 Å². The number of hydrogen-bond donors (Lipinski definition) is 1. The van der Waals surface area contributed by atoms with Gasteiger partial charge in [-0.05, 0) is 6.92 Å². The van der Waals surface area contributed by atoms with E-state index in [1.54, 1.807) is 19.1 Å². The van der Waals surface area contributed by atoms with Gasteiger partial charge in [0.15, 0.2) is 11.4 Å². The van der Waals surface area contributed by atoms with Crippen molar-refractivity contribution < 1.29 is 14.0 Å². The maximum atomic E-state index is 9.22. The summed E-state index contributed by atoms with van der Waals surface area (Å²) in [5.41, 5.74) is 0.159. The van der Waals surface area contributed by atoms with Gasteiger partial charge in [0.1, 0.15) is 17.8 Å². The lowest BCUT2D eigenvalue weighted by Gasteiger charge is -1.84. The molecule has 0 unspecified atom stereocenters. The predicted molar refractivity (Wildman–Crippen MR) is 53.0 cm³/mol. The largest absolute Gasteiger partial charge is 0.478 e. The third-order valence-electron chi connectivity index (χ3n) is 1.87. The van der Waals surface area contributed by atoms with Crippen LogP contribution in [0.5, 0.6) is 5.95 Å². The number of aromatic hydroxyl groups is 1. The first-order valence-electron chi connectivity index (χ1n) is 4.53. The molecule has 2 aromatic heterocycles. The van der Waals surface area contributed by atoms with Crippen molar-refractivity contribution in [2.45, 2.75) is 6.92 Å². The molecule has 0 aliphatic carbocycles. The Hall–Kier alpha value is -3.20. The highest BCUT2D eigenvalue weighted by Gasteiger charge is 2.14. The molecule has 9 heteroatoms. The second-order valence-corrected chi connectivity index (χ2v) is 3.02. The third kappa shape index (κ3) is 1.88. The van der Waals surface area contributed by atoms with Crippen molar-refractivity contribution >= 4 is 11.7 Å². The average Bonchev–Trinajstić information content (AvgIpc) is 2.91. The highest BCUT2D eigenvalue weighted by atomic mass is 16.5. The van der Waals surface area contributed by atoms with Gasteiger partial charge >= 0.3 is 12.0 Å². The van der Waals surface area contributed by atoms with E-state index < -0.39 is 5.95 Å². The van der Waals surface area contributed by atoms with E-state index in [0.717, 1.165) is 0 Å². The molecule has 0 bridgehead atoms. The molecule has 2 heterocycles. The molecule has 2 aromatic rings. The molecule has 2 rings (SSSR count). The smallest absolute Gasteiger partial charge is 0.343 e. The molecule has 0 amide bonds. The monoisotopic (exact) mass is 244 g/mol. The Kier molecular flexibility index (Phi) is 2.73. The second kappa shape index (κ2) is 4.35. The van der Waals surface area contributed by atoms with Crippen LogP contribution in [0.15, 0.2) is 19.2 Å². The molecule has 9 nitrogen and oxygen atoms in total. The van der Waals surface area contributed by atoms with Crippen molar-refractivity contribution in [2.75, 3.05) is 0 Å². The van der Waals surface area contributed by atoms with Gasteiger partial charge in [0.05, 0.1) is 0 Å². The number of nitriles is 2. The molecule has 0 aliphatic heterocycles. The van der Waals surface area contributed by atoms with Crippen molar-refractivity contribution in [3.8, 4) is 18.1 Å². The second-order valence-electron chi connectivity index (χ2n) is 3.02. The number of hydrogen-bond acceptors (Lipinski definition) is 9. The van der Waals surface area contributed by atoms with E-state index in [2.05, 4.69) is 24.9 Å². The standard InChI is InChI=1S/C9H4N6O3/c1-4-7(8(16)18-15-4)13-14-9-12-5(2-10)6(3-11)17-9/h16H,1H3. The minimum absolute atomic E-state index is 0.0187. The molecule has 88 valence electrons. The summed E-state index contributed by atoms with van der Waals surface area (Å²) >= 11 is 0. The van der Waals surface area contributed by atoms with E-state index in [-0.39, 0.29) is 23.2 Å². The van der Waals surface area contributed by atoms with Crippen LogP contribution in [0.4, 0.5) is 11.7 Å². The fraction of sp³-hybridized carbons (Fsp3) is 0.111. The lowest BCUT2D eigenvalue weighted by atomic mass is 10.4. The molecule has 0 saturated heterocycles. The van der Waals surface area contributed by atoms with Crippen molar-refractivity contribution in [3.63, 3.8) is 0 Å². The summed E-state index contributed by atoms with van der Waals surface area (Å²) in [5, 5.41) is 37.1. The summed E-state index contributed by atoms with van der Waals surface area (Å²) in [7, 11) is 0. The quantitative estimate of drug-likeness (QED) is 0.792. The van der Waals surface area contributed by atoms with Gasteiger partial charge in [0.2, 0.25) is 5.76 Å². The van der Waals surface area contributed by atoms with Crippen LogP contribution >= 0.6 is 0 Å². The van der Waals surface area contributed by atoms with Crippen LogP contribution < -0.4 is 0 Å². The zero-order valence-electron chi connectivity index (χ0n) is 8.95. The Balaban J connectivity index is 2.34. The van der Waals surface area contributed by atoms with Crippen LogP contribution in [-0.2, 0) is 0 Å². The maximum absolute atomic E-state index is 9.22. The Bertz CT molecular complexity index is 648. The van der Waals surface area contributed by atoms with Gasteiger partial charge in [-0.1, -0.05) is 10.3 Å². The minimum Gasteiger partial charge on any atom is -0.478 e. The van der Waals surface area contributed by atoms with Crippen molar-refractivity contribution in [1.82, 2.24) is 10.1 Å². The molecule has 0 saturated carbocycles. The van der Waals surface area contributed by atoms with E-state index in [9.17, 15) is 5.11 Å². The zero-order valence-corrected chi connectivity index (χ0v) is 8.95. The first-order valence-corrected chi connectivity index (χ1v) is 4.53. The van der Waals surface area contributed by atoms with Crippen LogP contribution in [0, 0.1) is 29.6 Å². The van der Waals surface area contributed by atoms with Crippen molar-refractivity contribution in [3.05, 3.63) is 17.1 Å². The van der Waals surface area contributed by atoms with Gasteiger partial charge in [0, 0.05) is 0 Å². The lowest BCUT2D eigenvalue weighted by molar-refractivity contribution is 0.277. The van der Waals surface area contributed by atoms with E-state index in [4.69, 9.17) is 14.9 Å². The topological polar surface area (TPSA) is 145 Å². The number of aromatic nitrogens is 2. The highest BCUT2D eigenvalue weighted by Crippen LogP contribution is 2.31. The Labute approximate surface area is 99.6 Å². The van der Waals surface area contributed by atoms with Gasteiger partial charge in [-0.15, -0.1) is 5.11 Å². The van der Waals surface area contributed by atoms with Crippen LogP contribution in [-0.4, -0.2) is 15.2 Å². The molecule has 0 atom stereocenters. The van der Waals surface area contributed by atoms with Gasteiger partial charge < -0.3 is 14.0 Å². The van der Waals surface area contributed by atoms with Gasteiger partial charge in [-0.25, -0.2) is 0 Å². The highest BCUT2D eigenvalue weighted by molar-refractivity contribution is 5.47. The molecule has 18 heavy (non-hydrogen) atoms. The summed E-state index contributed by atoms with van der Waals surface area (Å²) < 4.78 is 9.30. The average molecular weight is 244 g/mol. The first kappa shape index (κ1) is 11.3. The SMILES string of the molecule is Cc1noc(O)c1N=Nc1nc(C#N)c(C#N)o1. The maximum Gasteiger partial charge on any atom is 0.343 e. The molecule has 0 fully saturated rings. The van der Waals surface area contributed by atoms with Crippen LogP contribution in [0.2, 0.25) is 0 Å². The van der Waals surface area contributed by atoms with Crippen molar-refractivity contribution in [1.29, 1.82) is 10.5 Å². The fourth-order valence-corrected chi connectivity index (χ4v) is 1.06. The molecule has 1 N–H and O–H groups in total. The van der Waals surface area contributed by atoms with Crippen LogP contribution in [0.1, 0.15) is 17.1 Å². The van der Waals surface area contributed by atoms with E-state index in [0.29, 0.717) is 5.69 Å². The molecule has 0 aromatic carbocycles. The van der Waals surface area contributed by atoms with E-state index >= 15 is 0 Å². The van der Waals surface area contributed by atoms with Gasteiger partial charge in [-0.2, -0.15) is 15.5 Å². The minimum atomic E-state index is -0.496. The van der Waals surface area contributed by atoms with Crippen molar-refractivity contribution in [2.24, 2.45) is 10.2 Å². The predicted octanol–water partition coefficient (Wildman–Crippen LogP) is 1.84. The molecular formula is C9H4N6O3. The molecular weight excluding hydrogens is 240 g/mol. The fourth-order valence-electron chi connectivity index (χ4n) is 1.06. The Morgan fingerprint density at radius 3 is 2.56 bits per heavy atom. The third-order valence-corrected chi connectivity index (χ3v) is 1.87. The van der Waals surface area contributed by atoms with E-state index in [1.807, 2.05) is 0 Å². The number of rotatable bonds is 2. The summed E-state index contributed by atoms with van der Waals surface area (Å²) in [6.45, 7) is 1.55. The summed E-state index contributed by atoms with van der Waals surface area (Å²) in [5.74, 6) is -0.749. The Morgan fingerprint density at radius 1 is 1.28 bits per heavy atom. The van der Waals surface area contributed by atoms with Gasteiger partial charge in [0.25, 0.3) is 0 Å². The normalized spacial score (nSPS) is 10.4. The van der Waals surface area contributed by atoms with Crippen LogP contribution in [0.3, 0.4) is 0 Å². The number of aryl methyl sites for hydroxylation is 1. The molecule has 0 aliphatic rings. The van der Waals surface area contributed by atoms with E-state index in [1.165, 1.54) is 0 Å². The molecule has 0 spiro atoms. The Morgan fingerprint density at radius 2 is 2.06 bits per heavy atom. The van der Waals surface area contributed by atoms with Crippen LogP contribution in [0.25, 0.3) is 0 Å². The summed E-state index contributed by atoms with van der Waals surface area (Å²) in [6.07, 6.45) is 0. The molecule has 0 radical (unpaired) electrons. The number of nitrogens with zero attached hydrogens (tertiary/aromatic N) is 6. The lowest BCUT2D eigenvalue weighted by Crippen LogP contribution is -1.75. The first-order chi connectivity index (χ1) is 8.65. The zero-order chi connectivity index (χ0) is 13.1. The summed E-state index contributed by atoms with van der Waals surface area (Å²) in [4.78, 5) is 3.61. The summed E-state index contributed by atoms with van der Waals surface area (Å²) in [6, 6.07) is 3.05. The number of azo groups is 1.